The van der Waals surface area contributed by atoms with Gasteiger partial charge in [0.15, 0.2) is 11.8 Å². The van der Waals surface area contributed by atoms with E-state index in [1.165, 1.54) is 0 Å². The summed E-state index contributed by atoms with van der Waals surface area (Å²) in [7, 11) is 0. The number of aliphatic hydroxyl groups is 1. The summed E-state index contributed by atoms with van der Waals surface area (Å²) in [6.07, 6.45) is 8.92. The third-order valence-electron chi connectivity index (χ3n) is 6.10. The first kappa shape index (κ1) is 29.1. The fraction of sp³-hybridized carbons (Fsp3) is 0.679. The Bertz CT molecular complexity index is 961. The second-order valence-corrected chi connectivity index (χ2v) is 11.0. The zero-order chi connectivity index (χ0) is 26.9. The van der Waals surface area contributed by atoms with Gasteiger partial charge in [-0.15, -0.1) is 0 Å². The summed E-state index contributed by atoms with van der Waals surface area (Å²) in [5, 5.41) is 14.7. The lowest BCUT2D eigenvalue weighted by molar-refractivity contribution is -0.180. The highest BCUT2D eigenvalue weighted by Crippen LogP contribution is 2.28. The highest BCUT2D eigenvalue weighted by atomic mass is 16.6. The monoisotopic (exact) mass is 517 g/mol. The standard InChI is InChI=1S/C28H43N3O6/c1-27(2,3)37-26(33)28(4,5)36-19-15-21(32)10-6-8-17-34-22-12-13-23(29-20-22)24-14-16-30-31(24)25-11-7-9-18-35-25/h12-14,16,20-21,25,32H,6-11,15,17-19H2,1-5H3. The maximum Gasteiger partial charge on any atom is 0.338 e. The number of ether oxygens (including phenoxy) is 4. The average molecular weight is 518 g/mol. The number of unbranched alkanes of at least 4 members (excludes halogenated alkanes) is 1. The van der Waals surface area contributed by atoms with Crippen LogP contribution in [0.25, 0.3) is 11.4 Å². The van der Waals surface area contributed by atoms with E-state index >= 15 is 0 Å². The van der Waals surface area contributed by atoms with Crippen molar-refractivity contribution >= 4 is 5.97 Å². The number of carbonyl (C=O) groups is 1. The van der Waals surface area contributed by atoms with E-state index in [0.29, 0.717) is 25.2 Å². The van der Waals surface area contributed by atoms with Crippen molar-refractivity contribution in [2.45, 2.75) is 103 Å². The number of hydrogen-bond donors (Lipinski definition) is 1. The molecule has 0 saturated carbocycles. The Balaban J connectivity index is 1.32. The van der Waals surface area contributed by atoms with Crippen molar-refractivity contribution in [3.8, 4) is 17.1 Å². The quantitative estimate of drug-likeness (QED) is 0.290. The van der Waals surface area contributed by atoms with E-state index in [2.05, 4.69) is 10.1 Å². The van der Waals surface area contributed by atoms with Gasteiger partial charge in [0, 0.05) is 12.8 Å². The summed E-state index contributed by atoms with van der Waals surface area (Å²) in [4.78, 5) is 16.8. The first-order valence-electron chi connectivity index (χ1n) is 13.3. The number of aromatic nitrogens is 3. The Morgan fingerprint density at radius 1 is 1.14 bits per heavy atom. The average Bonchev–Trinajstić information content (AvgIpc) is 3.34. The Morgan fingerprint density at radius 3 is 2.62 bits per heavy atom. The van der Waals surface area contributed by atoms with E-state index in [1.54, 1.807) is 26.2 Å². The topological polar surface area (TPSA) is 105 Å². The minimum Gasteiger partial charge on any atom is -0.492 e. The highest BCUT2D eigenvalue weighted by molar-refractivity contribution is 5.78. The van der Waals surface area contributed by atoms with Gasteiger partial charge in [-0.1, -0.05) is 0 Å². The molecular formula is C28H43N3O6. The lowest BCUT2D eigenvalue weighted by Gasteiger charge is -2.28. The van der Waals surface area contributed by atoms with E-state index in [1.807, 2.05) is 43.7 Å². The number of esters is 1. The molecule has 0 amide bonds. The predicted molar refractivity (Wildman–Crippen MR) is 140 cm³/mol. The SMILES string of the molecule is CC(C)(C)OC(=O)C(C)(C)OCCC(O)CCCCOc1ccc(-c2ccnn2C2CCCCO2)nc1. The van der Waals surface area contributed by atoms with Crippen LogP contribution in [0.5, 0.6) is 5.75 Å². The summed E-state index contributed by atoms with van der Waals surface area (Å²) in [6.45, 7) is 10.4. The van der Waals surface area contributed by atoms with Gasteiger partial charge in [-0.25, -0.2) is 9.48 Å². The van der Waals surface area contributed by atoms with Gasteiger partial charge in [0.05, 0.1) is 36.9 Å². The van der Waals surface area contributed by atoms with Gasteiger partial charge in [0.25, 0.3) is 0 Å². The van der Waals surface area contributed by atoms with E-state index in [0.717, 1.165) is 50.1 Å². The summed E-state index contributed by atoms with van der Waals surface area (Å²) in [5.74, 6) is 0.306. The van der Waals surface area contributed by atoms with Crippen molar-refractivity contribution in [3.05, 3.63) is 30.6 Å². The molecule has 3 rings (SSSR count). The molecule has 3 heterocycles. The van der Waals surface area contributed by atoms with Crippen LogP contribution in [-0.4, -0.2) is 63.0 Å². The van der Waals surface area contributed by atoms with Crippen LogP contribution in [0.4, 0.5) is 0 Å². The number of carbonyl (C=O) groups excluding carboxylic acids is 1. The summed E-state index contributed by atoms with van der Waals surface area (Å²) in [5.41, 5.74) is 0.156. The molecule has 1 saturated heterocycles. The number of aliphatic hydroxyl groups excluding tert-OH is 1. The second-order valence-electron chi connectivity index (χ2n) is 11.0. The van der Waals surface area contributed by atoms with Crippen LogP contribution in [0, 0.1) is 0 Å². The lowest BCUT2D eigenvalue weighted by Crippen LogP contribution is -2.41. The first-order valence-corrected chi connectivity index (χ1v) is 13.3. The number of pyridine rings is 1. The van der Waals surface area contributed by atoms with Crippen LogP contribution >= 0.6 is 0 Å². The Morgan fingerprint density at radius 2 is 1.95 bits per heavy atom. The van der Waals surface area contributed by atoms with Gasteiger partial charge in [-0.2, -0.15) is 5.10 Å². The Hall–Kier alpha value is -2.49. The van der Waals surface area contributed by atoms with Crippen molar-refractivity contribution in [1.82, 2.24) is 14.8 Å². The molecule has 2 unspecified atom stereocenters. The number of rotatable bonds is 13. The van der Waals surface area contributed by atoms with Crippen LogP contribution in [0.15, 0.2) is 30.6 Å². The van der Waals surface area contributed by atoms with Crippen LogP contribution in [-0.2, 0) is 19.0 Å². The third-order valence-corrected chi connectivity index (χ3v) is 6.10. The van der Waals surface area contributed by atoms with Crippen molar-refractivity contribution in [1.29, 1.82) is 0 Å². The second kappa shape index (κ2) is 13.3. The zero-order valence-corrected chi connectivity index (χ0v) is 22.9. The van der Waals surface area contributed by atoms with E-state index in [4.69, 9.17) is 18.9 Å². The molecule has 206 valence electrons. The first-order chi connectivity index (χ1) is 17.5. The third kappa shape index (κ3) is 9.39. The van der Waals surface area contributed by atoms with Crippen molar-refractivity contribution in [3.63, 3.8) is 0 Å². The minimum absolute atomic E-state index is 0.0325. The molecule has 1 aliphatic heterocycles. The van der Waals surface area contributed by atoms with Gasteiger partial charge in [-0.3, -0.25) is 4.98 Å². The van der Waals surface area contributed by atoms with E-state index < -0.39 is 23.3 Å². The summed E-state index contributed by atoms with van der Waals surface area (Å²) >= 11 is 0. The van der Waals surface area contributed by atoms with Crippen LogP contribution in [0.1, 0.15) is 85.8 Å². The molecule has 0 aromatic carbocycles. The Labute approximate surface area is 220 Å². The van der Waals surface area contributed by atoms with Crippen LogP contribution in [0.2, 0.25) is 0 Å². The van der Waals surface area contributed by atoms with Gasteiger partial charge in [0.2, 0.25) is 0 Å². The molecule has 2 atom stereocenters. The maximum atomic E-state index is 12.2. The zero-order valence-electron chi connectivity index (χ0n) is 22.9. The molecule has 1 N–H and O–H groups in total. The molecule has 9 nitrogen and oxygen atoms in total. The molecule has 0 bridgehead atoms. The van der Waals surface area contributed by atoms with Gasteiger partial charge < -0.3 is 24.1 Å². The molecule has 1 fully saturated rings. The van der Waals surface area contributed by atoms with Crippen molar-refractivity contribution in [2.24, 2.45) is 0 Å². The Kier molecular flexibility index (Phi) is 10.5. The van der Waals surface area contributed by atoms with Gasteiger partial charge >= 0.3 is 5.97 Å². The van der Waals surface area contributed by atoms with E-state index in [-0.39, 0.29) is 12.8 Å². The summed E-state index contributed by atoms with van der Waals surface area (Å²) < 4.78 is 24.7. The fourth-order valence-corrected chi connectivity index (χ4v) is 4.01. The molecule has 1 aliphatic rings. The largest absolute Gasteiger partial charge is 0.492 e. The number of nitrogens with zero attached hydrogens (tertiary/aromatic N) is 3. The lowest BCUT2D eigenvalue weighted by atomic mass is 10.1. The minimum atomic E-state index is -1.05. The molecule has 37 heavy (non-hydrogen) atoms. The van der Waals surface area contributed by atoms with Crippen molar-refractivity contribution < 1.29 is 28.8 Å². The van der Waals surface area contributed by atoms with Crippen molar-refractivity contribution in [2.75, 3.05) is 19.8 Å². The molecule has 0 radical (unpaired) electrons. The number of hydrogen-bond acceptors (Lipinski definition) is 8. The molecule has 0 aliphatic carbocycles. The van der Waals surface area contributed by atoms with Gasteiger partial charge in [-0.05, 0) is 97.8 Å². The fourth-order valence-electron chi connectivity index (χ4n) is 4.01. The highest BCUT2D eigenvalue weighted by Gasteiger charge is 2.33. The molecular weight excluding hydrogens is 474 g/mol. The van der Waals surface area contributed by atoms with Crippen LogP contribution in [0.3, 0.4) is 0 Å². The van der Waals surface area contributed by atoms with Crippen LogP contribution < -0.4 is 4.74 Å². The molecule has 2 aromatic rings. The summed E-state index contributed by atoms with van der Waals surface area (Å²) in [6, 6.07) is 5.81. The molecule has 2 aromatic heterocycles. The molecule has 9 heteroatoms. The van der Waals surface area contributed by atoms with E-state index in [9.17, 15) is 9.90 Å². The normalized spacial score (nSPS) is 17.4. The van der Waals surface area contributed by atoms with Gasteiger partial charge in [0.1, 0.15) is 11.4 Å². The maximum absolute atomic E-state index is 12.2. The molecule has 0 spiro atoms. The smallest absolute Gasteiger partial charge is 0.338 e. The predicted octanol–water partition coefficient (Wildman–Crippen LogP) is 5.08.